The number of carbonyl (C=O) groups excluding carboxylic acids is 1. The lowest BCUT2D eigenvalue weighted by molar-refractivity contribution is -0.109. The van der Waals surface area contributed by atoms with Gasteiger partial charge >= 0.3 is 0 Å². The van der Waals surface area contributed by atoms with Gasteiger partial charge in [-0.05, 0) is 43.3 Å². The highest BCUT2D eigenvalue weighted by Gasteiger charge is 2.17. The molecule has 0 saturated carbocycles. The Bertz CT molecular complexity index is 715. The molecule has 0 aliphatic carbocycles. The number of rotatable bonds is 3. The molecule has 2 aromatic carbocycles. The maximum absolute atomic E-state index is 12.4. The molecule has 2 aromatic rings. The lowest BCUT2D eigenvalue weighted by Gasteiger charge is -2.06. The molecule has 0 radical (unpaired) electrons. The largest absolute Gasteiger partial charge is 0.287 e. The second kappa shape index (κ2) is 5.81. The summed E-state index contributed by atoms with van der Waals surface area (Å²) in [5, 5.41) is -0.0286. The normalized spacial score (nSPS) is 11.3. The first kappa shape index (κ1) is 14.8. The van der Waals surface area contributed by atoms with Crippen molar-refractivity contribution in [2.45, 2.75) is 28.5 Å². The summed E-state index contributed by atoms with van der Waals surface area (Å²) >= 11 is 1.08. The molecule has 2 rings (SSSR count). The first-order valence-corrected chi connectivity index (χ1v) is 8.30. The number of sulfone groups is 1. The Hall–Kier alpha value is -1.59. The fourth-order valence-corrected chi connectivity index (χ4v) is 3.57. The van der Waals surface area contributed by atoms with Gasteiger partial charge in [0.15, 0.2) is 5.12 Å². The summed E-state index contributed by atoms with van der Waals surface area (Å²) in [7, 11) is -3.50. The summed E-state index contributed by atoms with van der Waals surface area (Å²) < 4.78 is 24.8. The van der Waals surface area contributed by atoms with Gasteiger partial charge in [-0.25, -0.2) is 8.42 Å². The average molecular weight is 306 g/mol. The van der Waals surface area contributed by atoms with Gasteiger partial charge in [-0.2, -0.15) is 0 Å². The first-order valence-electron chi connectivity index (χ1n) is 6.00. The van der Waals surface area contributed by atoms with Crippen molar-refractivity contribution in [3.05, 3.63) is 54.1 Å². The predicted molar refractivity (Wildman–Crippen MR) is 79.6 cm³/mol. The maximum Gasteiger partial charge on any atom is 0.206 e. The minimum absolute atomic E-state index is 0.0286. The maximum atomic E-state index is 12.4. The van der Waals surface area contributed by atoms with Crippen LogP contribution in [0.4, 0.5) is 0 Å². The highest BCUT2D eigenvalue weighted by atomic mass is 32.2. The van der Waals surface area contributed by atoms with Crippen LogP contribution in [0.2, 0.25) is 0 Å². The molecule has 0 atom stereocenters. The van der Waals surface area contributed by atoms with Crippen LogP contribution in [0.15, 0.2) is 63.2 Å². The second-order valence-electron chi connectivity index (χ2n) is 4.38. The van der Waals surface area contributed by atoms with Crippen LogP contribution in [-0.2, 0) is 14.6 Å². The monoisotopic (exact) mass is 306 g/mol. The van der Waals surface area contributed by atoms with Crippen molar-refractivity contribution in [1.82, 2.24) is 0 Å². The number of hydrogen-bond acceptors (Lipinski definition) is 4. The third-order valence-electron chi connectivity index (χ3n) is 2.73. The molecule has 0 fully saturated rings. The van der Waals surface area contributed by atoms with E-state index >= 15 is 0 Å². The van der Waals surface area contributed by atoms with E-state index in [1.807, 2.05) is 6.92 Å². The molecule has 0 aliphatic heterocycles. The minimum Gasteiger partial charge on any atom is -0.287 e. The van der Waals surface area contributed by atoms with E-state index in [9.17, 15) is 13.2 Å². The van der Waals surface area contributed by atoms with E-state index in [0.717, 1.165) is 22.2 Å². The third kappa shape index (κ3) is 3.29. The Kier molecular flexibility index (Phi) is 4.30. The Balaban J connectivity index is 2.34. The topological polar surface area (TPSA) is 51.2 Å². The highest BCUT2D eigenvalue weighted by molar-refractivity contribution is 8.13. The van der Waals surface area contributed by atoms with Crippen LogP contribution in [-0.4, -0.2) is 13.5 Å². The molecule has 0 amide bonds. The summed E-state index contributed by atoms with van der Waals surface area (Å²) in [6.45, 7) is 3.38. The van der Waals surface area contributed by atoms with Crippen LogP contribution in [0.1, 0.15) is 12.5 Å². The first-order chi connectivity index (χ1) is 9.39. The third-order valence-corrected chi connectivity index (χ3v) is 5.31. The molecule has 0 heterocycles. The van der Waals surface area contributed by atoms with Crippen molar-refractivity contribution in [3.8, 4) is 0 Å². The van der Waals surface area contributed by atoms with E-state index in [-0.39, 0.29) is 14.9 Å². The molecular weight excluding hydrogens is 292 g/mol. The summed E-state index contributed by atoms with van der Waals surface area (Å²) in [6.07, 6.45) is 0. The molecule has 5 heteroatoms. The fourth-order valence-electron chi connectivity index (χ4n) is 1.71. The number of benzene rings is 2. The Morgan fingerprint density at radius 2 is 1.35 bits per heavy atom. The zero-order chi connectivity index (χ0) is 14.8. The summed E-state index contributed by atoms with van der Waals surface area (Å²) in [4.78, 5) is 12.2. The Morgan fingerprint density at radius 3 is 1.80 bits per heavy atom. The molecule has 0 aliphatic rings. The lowest BCUT2D eigenvalue weighted by atomic mass is 10.2. The molecule has 104 valence electrons. The minimum atomic E-state index is -3.50. The Morgan fingerprint density at radius 1 is 0.900 bits per heavy atom. The smallest absolute Gasteiger partial charge is 0.206 e. The van der Waals surface area contributed by atoms with E-state index < -0.39 is 9.84 Å². The van der Waals surface area contributed by atoms with Gasteiger partial charge < -0.3 is 0 Å². The predicted octanol–water partition coefficient (Wildman–Crippen LogP) is 3.47. The van der Waals surface area contributed by atoms with E-state index in [1.54, 1.807) is 36.4 Å². The molecule has 0 spiro atoms. The molecule has 3 nitrogen and oxygen atoms in total. The van der Waals surface area contributed by atoms with Crippen molar-refractivity contribution in [2.75, 3.05) is 0 Å². The van der Waals surface area contributed by atoms with Crippen molar-refractivity contribution in [1.29, 1.82) is 0 Å². The molecule has 20 heavy (non-hydrogen) atoms. The van der Waals surface area contributed by atoms with Gasteiger partial charge in [0.1, 0.15) is 0 Å². The fraction of sp³-hybridized carbons (Fsp3) is 0.133. The molecule has 0 N–H and O–H groups in total. The highest BCUT2D eigenvalue weighted by Crippen LogP contribution is 2.25. The van der Waals surface area contributed by atoms with E-state index in [4.69, 9.17) is 0 Å². The van der Waals surface area contributed by atoms with E-state index in [1.165, 1.54) is 19.1 Å². The van der Waals surface area contributed by atoms with Gasteiger partial charge in [0, 0.05) is 11.8 Å². The van der Waals surface area contributed by atoms with Crippen molar-refractivity contribution >= 4 is 26.7 Å². The summed E-state index contributed by atoms with van der Waals surface area (Å²) in [5.41, 5.74) is 1.01. The van der Waals surface area contributed by atoms with Crippen LogP contribution in [0.5, 0.6) is 0 Å². The molecular formula is C15H14O3S2. The number of aryl methyl sites for hydroxylation is 1. The number of thioether (sulfide) groups is 1. The molecule has 0 bridgehead atoms. The quantitative estimate of drug-likeness (QED) is 0.815. The SMILES string of the molecule is CC(=O)Sc1ccc(S(=O)(=O)c2ccc(C)cc2)cc1. The zero-order valence-corrected chi connectivity index (χ0v) is 12.8. The van der Waals surface area contributed by atoms with Gasteiger partial charge in [0.25, 0.3) is 0 Å². The number of carbonyl (C=O) groups is 1. The average Bonchev–Trinajstić information content (AvgIpc) is 2.39. The van der Waals surface area contributed by atoms with Crippen LogP contribution in [0.3, 0.4) is 0 Å². The van der Waals surface area contributed by atoms with Gasteiger partial charge in [-0.3, -0.25) is 4.79 Å². The lowest BCUT2D eigenvalue weighted by Crippen LogP contribution is -2.01. The number of hydrogen-bond donors (Lipinski definition) is 0. The van der Waals surface area contributed by atoms with Crippen molar-refractivity contribution < 1.29 is 13.2 Å². The molecule has 0 saturated heterocycles. The van der Waals surface area contributed by atoms with Crippen molar-refractivity contribution in [2.24, 2.45) is 0 Å². The van der Waals surface area contributed by atoms with Gasteiger partial charge in [0.05, 0.1) is 9.79 Å². The summed E-state index contributed by atoms with van der Waals surface area (Å²) in [6, 6.07) is 13.1. The van der Waals surface area contributed by atoms with Crippen molar-refractivity contribution in [3.63, 3.8) is 0 Å². The van der Waals surface area contributed by atoms with Crippen LogP contribution >= 0.6 is 11.8 Å². The molecule has 0 unspecified atom stereocenters. The van der Waals surface area contributed by atoms with Gasteiger partial charge in [-0.1, -0.05) is 29.5 Å². The van der Waals surface area contributed by atoms with Crippen LogP contribution in [0.25, 0.3) is 0 Å². The van der Waals surface area contributed by atoms with Gasteiger partial charge in [-0.15, -0.1) is 0 Å². The van der Waals surface area contributed by atoms with E-state index in [0.29, 0.717) is 0 Å². The zero-order valence-electron chi connectivity index (χ0n) is 11.2. The standard InChI is InChI=1S/C15H14O3S2/c1-11-3-7-14(8-4-11)20(17,18)15-9-5-13(6-10-15)19-12(2)16/h3-10H,1-2H3. The molecule has 0 aromatic heterocycles. The summed E-state index contributed by atoms with van der Waals surface area (Å²) in [5.74, 6) is 0. The Labute approximate surface area is 122 Å². The second-order valence-corrected chi connectivity index (χ2v) is 7.58. The van der Waals surface area contributed by atoms with Crippen LogP contribution in [0, 0.1) is 6.92 Å². The van der Waals surface area contributed by atoms with Gasteiger partial charge in [0.2, 0.25) is 9.84 Å². The van der Waals surface area contributed by atoms with E-state index in [2.05, 4.69) is 0 Å². The van der Waals surface area contributed by atoms with Crippen LogP contribution < -0.4 is 0 Å².